The van der Waals surface area contributed by atoms with Crippen molar-refractivity contribution in [3.8, 4) is 0 Å². The summed E-state index contributed by atoms with van der Waals surface area (Å²) in [5, 5.41) is 2.54. The first-order valence-electron chi connectivity index (χ1n) is 13.6. The molecule has 41 heavy (non-hydrogen) atoms. The van der Waals surface area contributed by atoms with E-state index in [1.807, 2.05) is 13.0 Å². The first-order chi connectivity index (χ1) is 19.5. The van der Waals surface area contributed by atoms with E-state index in [0.717, 1.165) is 25.0 Å². The van der Waals surface area contributed by atoms with Gasteiger partial charge in [-0.25, -0.2) is 18.1 Å². The topological polar surface area (TPSA) is 174 Å². The van der Waals surface area contributed by atoms with Crippen LogP contribution in [0, 0.1) is 12.8 Å². The van der Waals surface area contributed by atoms with Crippen molar-refractivity contribution in [3.63, 3.8) is 0 Å². The fourth-order valence-electron chi connectivity index (χ4n) is 6.13. The molecule has 2 aliphatic carbocycles. The number of hydrogen-bond donors (Lipinski definition) is 3. The van der Waals surface area contributed by atoms with Crippen molar-refractivity contribution in [2.75, 3.05) is 5.32 Å². The zero-order valence-electron chi connectivity index (χ0n) is 22.4. The molecule has 214 valence electrons. The van der Waals surface area contributed by atoms with E-state index in [9.17, 15) is 27.6 Å². The molecule has 6 rings (SSSR count). The van der Waals surface area contributed by atoms with Crippen LogP contribution in [-0.2, 0) is 26.2 Å². The maximum atomic E-state index is 13.8. The molecular weight excluding hydrogens is 548 g/mol. The van der Waals surface area contributed by atoms with Crippen molar-refractivity contribution in [1.29, 1.82) is 0 Å². The molecule has 3 fully saturated rings. The standard InChI is InChI=1S/C28H30N6O6S/c1-15-3-2-4-23(30-15)31-28(38)25-16-5-7-18(11-16)34(25)24(35)14-33-13-21(27(37)32-41(39,40)19-8-9-19)20-12-17(26(29)36)6-10-22(20)33/h2-4,6,10,12-13,16,18-19,25H,5,7-9,11,14H2,1H3,(H2,29,36)(H,32,37)(H,30,31,38)/t16-,18+,25-/m0/s1. The van der Waals surface area contributed by atoms with Gasteiger partial charge in [-0.1, -0.05) is 6.07 Å². The Morgan fingerprint density at radius 1 is 1.07 bits per heavy atom. The first-order valence-corrected chi connectivity index (χ1v) is 15.1. The highest BCUT2D eigenvalue weighted by Gasteiger charge is 2.51. The summed E-state index contributed by atoms with van der Waals surface area (Å²) in [6, 6.07) is 9.06. The number of fused-ring (bicyclic) bond motifs is 3. The van der Waals surface area contributed by atoms with Gasteiger partial charge >= 0.3 is 0 Å². The van der Waals surface area contributed by atoms with Crippen LogP contribution in [0.5, 0.6) is 0 Å². The molecule has 0 unspecified atom stereocenters. The van der Waals surface area contributed by atoms with Crippen molar-refractivity contribution in [3.05, 3.63) is 59.4 Å². The number of primary amides is 1. The Labute approximate surface area is 236 Å². The predicted octanol–water partition coefficient (Wildman–Crippen LogP) is 1.68. The van der Waals surface area contributed by atoms with Gasteiger partial charge in [-0.05, 0) is 75.3 Å². The highest BCUT2D eigenvalue weighted by Crippen LogP contribution is 2.43. The van der Waals surface area contributed by atoms with Gasteiger partial charge in [-0.2, -0.15) is 0 Å². The highest BCUT2D eigenvalue weighted by molar-refractivity contribution is 7.91. The van der Waals surface area contributed by atoms with Crippen LogP contribution in [0.3, 0.4) is 0 Å². The molecule has 12 nitrogen and oxygen atoms in total. The van der Waals surface area contributed by atoms with Gasteiger partial charge in [0.05, 0.1) is 10.8 Å². The van der Waals surface area contributed by atoms with Gasteiger partial charge in [0.2, 0.25) is 27.7 Å². The molecule has 2 saturated carbocycles. The SMILES string of the molecule is Cc1cccc(NC(=O)[C@@H]2[C@H]3CC[C@H](C3)N2C(=O)Cn2cc(C(=O)NS(=O)(=O)C3CC3)c3cc(C(N)=O)ccc32)n1. The van der Waals surface area contributed by atoms with Crippen molar-refractivity contribution in [1.82, 2.24) is 19.2 Å². The minimum Gasteiger partial charge on any atom is -0.366 e. The lowest BCUT2D eigenvalue weighted by molar-refractivity contribution is -0.141. The van der Waals surface area contributed by atoms with Gasteiger partial charge in [0.25, 0.3) is 5.91 Å². The van der Waals surface area contributed by atoms with Crippen LogP contribution < -0.4 is 15.8 Å². The molecule has 3 aromatic rings. The van der Waals surface area contributed by atoms with Gasteiger partial charge < -0.3 is 20.5 Å². The Hall–Kier alpha value is -4.26. The van der Waals surface area contributed by atoms with E-state index in [2.05, 4.69) is 15.0 Å². The molecule has 3 atom stereocenters. The Kier molecular flexibility index (Phi) is 6.56. The summed E-state index contributed by atoms with van der Waals surface area (Å²) < 4.78 is 28.6. The Morgan fingerprint density at radius 2 is 1.85 bits per heavy atom. The van der Waals surface area contributed by atoms with Crippen LogP contribution in [0.2, 0.25) is 0 Å². The van der Waals surface area contributed by atoms with Gasteiger partial charge in [-0.3, -0.25) is 19.2 Å². The number of benzene rings is 1. The molecule has 3 aliphatic rings. The molecule has 1 aliphatic heterocycles. The van der Waals surface area contributed by atoms with E-state index in [1.165, 1.54) is 18.3 Å². The lowest BCUT2D eigenvalue weighted by atomic mass is 9.97. The summed E-state index contributed by atoms with van der Waals surface area (Å²) in [5.74, 6) is -1.71. The molecule has 3 heterocycles. The number of hydrogen-bond acceptors (Lipinski definition) is 7. The van der Waals surface area contributed by atoms with Crippen LogP contribution in [-0.4, -0.2) is 63.8 Å². The fourth-order valence-corrected chi connectivity index (χ4v) is 7.42. The number of aryl methyl sites for hydroxylation is 1. The quantitative estimate of drug-likeness (QED) is 0.365. The van der Waals surface area contributed by atoms with Crippen molar-refractivity contribution < 1.29 is 27.6 Å². The van der Waals surface area contributed by atoms with E-state index < -0.39 is 33.1 Å². The third-order valence-electron chi connectivity index (χ3n) is 8.20. The number of nitrogens with two attached hydrogens (primary N) is 1. The minimum atomic E-state index is -3.83. The summed E-state index contributed by atoms with van der Waals surface area (Å²) >= 11 is 0. The normalized spacial score (nSPS) is 21.7. The summed E-state index contributed by atoms with van der Waals surface area (Å²) in [5.41, 5.74) is 6.80. The van der Waals surface area contributed by atoms with Crippen molar-refractivity contribution in [2.24, 2.45) is 11.7 Å². The lowest BCUT2D eigenvalue weighted by Gasteiger charge is -2.34. The van der Waals surface area contributed by atoms with E-state index in [0.29, 0.717) is 29.6 Å². The number of pyridine rings is 1. The summed E-state index contributed by atoms with van der Waals surface area (Å²) in [4.78, 5) is 58.1. The smallest absolute Gasteiger partial charge is 0.266 e. The maximum absolute atomic E-state index is 13.8. The predicted molar refractivity (Wildman–Crippen MR) is 149 cm³/mol. The van der Waals surface area contributed by atoms with E-state index in [-0.39, 0.29) is 41.4 Å². The number of carbonyl (C=O) groups is 4. The second kappa shape index (κ2) is 9.98. The Bertz CT molecular complexity index is 1710. The summed E-state index contributed by atoms with van der Waals surface area (Å²) in [6.07, 6.45) is 4.74. The number of nitrogens with zero attached hydrogens (tertiary/aromatic N) is 3. The molecule has 0 radical (unpaired) electrons. The van der Waals surface area contributed by atoms with Gasteiger partial charge in [0, 0.05) is 34.4 Å². The molecule has 1 saturated heterocycles. The monoisotopic (exact) mass is 578 g/mol. The lowest BCUT2D eigenvalue weighted by Crippen LogP contribution is -2.51. The number of aromatic nitrogens is 2. The number of rotatable bonds is 8. The van der Waals surface area contributed by atoms with Gasteiger partial charge in [0.1, 0.15) is 18.4 Å². The van der Waals surface area contributed by atoms with Crippen molar-refractivity contribution >= 4 is 50.4 Å². The summed E-state index contributed by atoms with van der Waals surface area (Å²) in [7, 11) is -3.83. The van der Waals surface area contributed by atoms with Crippen LogP contribution in [0.4, 0.5) is 5.82 Å². The molecule has 4 N–H and O–H groups in total. The van der Waals surface area contributed by atoms with E-state index >= 15 is 0 Å². The van der Waals surface area contributed by atoms with E-state index in [1.54, 1.807) is 27.7 Å². The number of piperidine rings is 1. The fraction of sp³-hybridized carbons (Fsp3) is 0.393. The zero-order chi connectivity index (χ0) is 29.1. The number of likely N-dealkylation sites (tertiary alicyclic amines) is 1. The van der Waals surface area contributed by atoms with Crippen LogP contribution in [0.25, 0.3) is 10.9 Å². The molecule has 4 amide bonds. The third kappa shape index (κ3) is 5.05. The number of anilines is 1. The first kappa shape index (κ1) is 26.9. The molecule has 2 aromatic heterocycles. The average molecular weight is 579 g/mol. The second-order valence-electron chi connectivity index (χ2n) is 11.1. The van der Waals surface area contributed by atoms with Gasteiger partial charge in [-0.15, -0.1) is 0 Å². The molecule has 2 bridgehead atoms. The van der Waals surface area contributed by atoms with E-state index in [4.69, 9.17) is 5.73 Å². The number of nitrogens with one attached hydrogen (secondary N) is 2. The van der Waals surface area contributed by atoms with Crippen LogP contribution >= 0.6 is 0 Å². The maximum Gasteiger partial charge on any atom is 0.266 e. The molecule has 1 aromatic carbocycles. The van der Waals surface area contributed by atoms with Gasteiger partial charge in [0.15, 0.2) is 0 Å². The molecular formula is C28H30N6O6S. The Balaban J connectivity index is 1.29. The zero-order valence-corrected chi connectivity index (χ0v) is 23.2. The highest BCUT2D eigenvalue weighted by atomic mass is 32.2. The number of carbonyl (C=O) groups excluding carboxylic acids is 4. The number of amides is 4. The third-order valence-corrected chi connectivity index (χ3v) is 10.0. The molecule has 13 heteroatoms. The minimum absolute atomic E-state index is 0.00267. The largest absolute Gasteiger partial charge is 0.366 e. The molecule has 0 spiro atoms. The van der Waals surface area contributed by atoms with Crippen LogP contribution in [0.1, 0.15) is 58.5 Å². The van der Waals surface area contributed by atoms with Crippen LogP contribution in [0.15, 0.2) is 42.6 Å². The Morgan fingerprint density at radius 3 is 2.56 bits per heavy atom. The van der Waals surface area contributed by atoms with Crippen molar-refractivity contribution in [2.45, 2.75) is 62.9 Å². The number of sulfonamides is 1. The summed E-state index contributed by atoms with van der Waals surface area (Å²) in [6.45, 7) is 1.64. The average Bonchev–Trinajstić information content (AvgIpc) is 3.46. The second-order valence-corrected chi connectivity index (χ2v) is 13.0.